The Labute approximate surface area is 114 Å². The van der Waals surface area contributed by atoms with E-state index in [0.717, 1.165) is 38.9 Å². The molecule has 0 radical (unpaired) electrons. The average Bonchev–Trinajstić information content (AvgIpc) is 3.04. The first kappa shape index (κ1) is 14.3. The van der Waals surface area contributed by atoms with Crippen LogP contribution in [-0.4, -0.2) is 41.5 Å². The molecule has 6 heteroatoms. The van der Waals surface area contributed by atoms with E-state index in [1.54, 1.807) is 0 Å². The first-order valence-corrected chi connectivity index (χ1v) is 7.17. The molecule has 1 aliphatic rings. The van der Waals surface area contributed by atoms with Crippen LogP contribution in [0.5, 0.6) is 0 Å². The molecular formula is C13H24N4O2. The lowest BCUT2D eigenvalue weighted by Gasteiger charge is -2.13. The van der Waals surface area contributed by atoms with E-state index < -0.39 is 0 Å². The first-order chi connectivity index (χ1) is 9.24. The quantitative estimate of drug-likeness (QED) is 0.777. The van der Waals surface area contributed by atoms with Crippen LogP contribution in [0.25, 0.3) is 0 Å². The van der Waals surface area contributed by atoms with E-state index in [1.807, 2.05) is 6.92 Å². The van der Waals surface area contributed by atoms with Gasteiger partial charge in [-0.05, 0) is 38.6 Å². The molecule has 1 fully saturated rings. The molecule has 2 N–H and O–H groups in total. The molecule has 0 amide bonds. The Morgan fingerprint density at radius 2 is 2.37 bits per heavy atom. The van der Waals surface area contributed by atoms with Crippen molar-refractivity contribution in [2.75, 3.05) is 31.1 Å². The van der Waals surface area contributed by atoms with Crippen molar-refractivity contribution in [1.29, 1.82) is 0 Å². The zero-order valence-electron chi connectivity index (χ0n) is 11.8. The topological polar surface area (TPSA) is 74.4 Å². The predicted octanol–water partition coefficient (Wildman–Crippen LogP) is 1.34. The molecule has 0 saturated carbocycles. The Bertz CT molecular complexity index is 382. The highest BCUT2D eigenvalue weighted by Crippen LogP contribution is 2.25. The van der Waals surface area contributed by atoms with Gasteiger partial charge in [0.2, 0.25) is 5.89 Å². The maximum absolute atomic E-state index is 8.96. The molecule has 1 saturated heterocycles. The molecule has 2 rings (SSSR count). The molecule has 2 atom stereocenters. The van der Waals surface area contributed by atoms with Crippen LogP contribution in [0.3, 0.4) is 0 Å². The van der Waals surface area contributed by atoms with Crippen LogP contribution in [-0.2, 0) is 0 Å². The van der Waals surface area contributed by atoms with E-state index >= 15 is 0 Å². The van der Waals surface area contributed by atoms with Crippen molar-refractivity contribution in [3.8, 4) is 0 Å². The third kappa shape index (κ3) is 3.67. The van der Waals surface area contributed by atoms with Crippen LogP contribution in [0.2, 0.25) is 0 Å². The maximum atomic E-state index is 8.96. The van der Waals surface area contributed by atoms with Gasteiger partial charge in [0.05, 0.1) is 6.04 Å². The largest absolute Gasteiger partial charge is 0.406 e. The van der Waals surface area contributed by atoms with Crippen molar-refractivity contribution in [2.45, 2.75) is 39.2 Å². The van der Waals surface area contributed by atoms with Gasteiger partial charge in [-0.2, -0.15) is 0 Å². The molecule has 2 heterocycles. The van der Waals surface area contributed by atoms with Gasteiger partial charge in [-0.15, -0.1) is 5.10 Å². The molecule has 1 aromatic rings. The second kappa shape index (κ2) is 6.86. The smallest absolute Gasteiger partial charge is 0.318 e. The summed E-state index contributed by atoms with van der Waals surface area (Å²) in [6.07, 6.45) is 3.02. The molecule has 1 aromatic heterocycles. The van der Waals surface area contributed by atoms with Gasteiger partial charge < -0.3 is 19.7 Å². The zero-order chi connectivity index (χ0) is 13.7. The number of hydrogen-bond donors (Lipinski definition) is 2. The summed E-state index contributed by atoms with van der Waals surface area (Å²) in [4.78, 5) is 2.11. The number of aliphatic hydroxyl groups is 1. The molecule has 0 spiro atoms. The second-order valence-electron chi connectivity index (χ2n) is 5.21. The molecule has 1 aliphatic heterocycles. The Morgan fingerprint density at radius 3 is 3.11 bits per heavy atom. The van der Waals surface area contributed by atoms with Crippen molar-refractivity contribution in [3.05, 3.63) is 5.89 Å². The van der Waals surface area contributed by atoms with Crippen molar-refractivity contribution >= 4 is 6.01 Å². The number of hydrogen-bond acceptors (Lipinski definition) is 6. The Balaban J connectivity index is 1.90. The fourth-order valence-electron chi connectivity index (χ4n) is 2.40. The number of nitrogens with one attached hydrogen (secondary N) is 1. The van der Waals surface area contributed by atoms with E-state index in [9.17, 15) is 0 Å². The first-order valence-electron chi connectivity index (χ1n) is 7.17. The summed E-state index contributed by atoms with van der Waals surface area (Å²) < 4.78 is 5.73. The normalized spacial score (nSPS) is 21.0. The Kier molecular flexibility index (Phi) is 5.15. The van der Waals surface area contributed by atoms with E-state index in [-0.39, 0.29) is 12.6 Å². The highest BCUT2D eigenvalue weighted by molar-refractivity contribution is 5.26. The summed E-state index contributed by atoms with van der Waals surface area (Å²) in [6.45, 7) is 7.20. The predicted molar refractivity (Wildman–Crippen MR) is 73.0 cm³/mol. The van der Waals surface area contributed by atoms with Gasteiger partial charge in [0.1, 0.15) is 0 Å². The van der Waals surface area contributed by atoms with Gasteiger partial charge in [-0.1, -0.05) is 12.0 Å². The third-order valence-corrected chi connectivity index (χ3v) is 3.59. The van der Waals surface area contributed by atoms with Crippen LogP contribution in [0.4, 0.5) is 6.01 Å². The lowest BCUT2D eigenvalue weighted by atomic mass is 10.1. The van der Waals surface area contributed by atoms with Gasteiger partial charge in [-0.3, -0.25) is 0 Å². The van der Waals surface area contributed by atoms with Gasteiger partial charge in [0.25, 0.3) is 0 Å². The Hall–Kier alpha value is -1.14. The number of nitrogens with zero attached hydrogens (tertiary/aromatic N) is 3. The highest BCUT2D eigenvalue weighted by atomic mass is 16.4. The van der Waals surface area contributed by atoms with Crippen molar-refractivity contribution < 1.29 is 9.52 Å². The molecule has 6 nitrogen and oxygen atoms in total. The van der Waals surface area contributed by atoms with Gasteiger partial charge >= 0.3 is 6.01 Å². The number of anilines is 1. The zero-order valence-corrected chi connectivity index (χ0v) is 11.8. The summed E-state index contributed by atoms with van der Waals surface area (Å²) in [7, 11) is 0. The van der Waals surface area contributed by atoms with E-state index in [4.69, 9.17) is 9.52 Å². The summed E-state index contributed by atoms with van der Waals surface area (Å²) in [5.41, 5.74) is 0. The average molecular weight is 268 g/mol. The summed E-state index contributed by atoms with van der Waals surface area (Å²) >= 11 is 0. The maximum Gasteiger partial charge on any atom is 0.318 e. The minimum Gasteiger partial charge on any atom is -0.406 e. The van der Waals surface area contributed by atoms with Crippen molar-refractivity contribution in [2.24, 2.45) is 5.92 Å². The standard InChI is InChI=1S/C13H24N4O2/c1-3-6-14-10(2)12-15-16-13(19-12)17-7-4-11(9-17)5-8-18/h10-11,14,18H,3-9H2,1-2H3. The number of aromatic nitrogens is 2. The van der Waals surface area contributed by atoms with Gasteiger partial charge in [0, 0.05) is 19.7 Å². The van der Waals surface area contributed by atoms with Crippen LogP contribution in [0, 0.1) is 5.92 Å². The third-order valence-electron chi connectivity index (χ3n) is 3.59. The lowest BCUT2D eigenvalue weighted by Crippen LogP contribution is -2.20. The lowest BCUT2D eigenvalue weighted by molar-refractivity contribution is 0.263. The Morgan fingerprint density at radius 1 is 1.53 bits per heavy atom. The molecule has 108 valence electrons. The molecule has 0 aromatic carbocycles. The minimum atomic E-state index is 0.0945. The highest BCUT2D eigenvalue weighted by Gasteiger charge is 2.26. The number of aliphatic hydroxyl groups excluding tert-OH is 1. The fourth-order valence-corrected chi connectivity index (χ4v) is 2.40. The van der Waals surface area contributed by atoms with E-state index in [0.29, 0.717) is 17.8 Å². The van der Waals surface area contributed by atoms with Crippen molar-refractivity contribution in [1.82, 2.24) is 15.5 Å². The SMILES string of the molecule is CCCNC(C)c1nnc(N2CCC(CCO)C2)o1. The van der Waals surface area contributed by atoms with Crippen LogP contribution < -0.4 is 10.2 Å². The summed E-state index contributed by atoms with van der Waals surface area (Å²) in [5, 5.41) is 20.5. The second-order valence-corrected chi connectivity index (χ2v) is 5.21. The van der Waals surface area contributed by atoms with E-state index in [2.05, 4.69) is 27.3 Å². The molecule has 2 unspecified atom stereocenters. The number of rotatable bonds is 7. The molecule has 0 bridgehead atoms. The molecule has 0 aliphatic carbocycles. The van der Waals surface area contributed by atoms with Crippen LogP contribution in [0.15, 0.2) is 4.42 Å². The molecular weight excluding hydrogens is 244 g/mol. The van der Waals surface area contributed by atoms with Gasteiger partial charge in [-0.25, -0.2) is 0 Å². The van der Waals surface area contributed by atoms with Gasteiger partial charge in [0.15, 0.2) is 0 Å². The van der Waals surface area contributed by atoms with Crippen molar-refractivity contribution in [3.63, 3.8) is 0 Å². The fraction of sp³-hybridized carbons (Fsp3) is 0.846. The monoisotopic (exact) mass is 268 g/mol. The minimum absolute atomic E-state index is 0.0945. The molecule has 19 heavy (non-hydrogen) atoms. The van der Waals surface area contributed by atoms with E-state index in [1.165, 1.54) is 0 Å². The summed E-state index contributed by atoms with van der Waals surface area (Å²) in [6, 6.07) is 0.706. The van der Waals surface area contributed by atoms with Crippen LogP contribution in [0.1, 0.15) is 45.0 Å². The van der Waals surface area contributed by atoms with Crippen LogP contribution >= 0.6 is 0 Å². The summed E-state index contributed by atoms with van der Waals surface area (Å²) in [5.74, 6) is 1.19.